The van der Waals surface area contributed by atoms with E-state index in [2.05, 4.69) is 31.1 Å². The van der Waals surface area contributed by atoms with Gasteiger partial charge in [0, 0.05) is 18.0 Å². The van der Waals surface area contributed by atoms with Crippen LogP contribution in [0, 0.1) is 19.3 Å². The molecular formula is C16H25N3OS. The Morgan fingerprint density at radius 2 is 2.00 bits per heavy atom. The van der Waals surface area contributed by atoms with Crippen LogP contribution in [0.1, 0.15) is 37.6 Å². The summed E-state index contributed by atoms with van der Waals surface area (Å²) < 4.78 is 1.71. The highest BCUT2D eigenvalue weighted by molar-refractivity contribution is 7.18. The van der Waals surface area contributed by atoms with Crippen LogP contribution in [-0.4, -0.2) is 22.6 Å². The van der Waals surface area contributed by atoms with Gasteiger partial charge in [0.1, 0.15) is 4.83 Å². The fraction of sp³-hybridized carbons (Fsp3) is 0.625. The van der Waals surface area contributed by atoms with E-state index in [0.29, 0.717) is 12.0 Å². The van der Waals surface area contributed by atoms with Gasteiger partial charge < -0.3 is 5.32 Å². The third-order valence-corrected chi connectivity index (χ3v) is 4.85. The summed E-state index contributed by atoms with van der Waals surface area (Å²) in [6.45, 7) is 13.2. The van der Waals surface area contributed by atoms with Crippen LogP contribution in [0.15, 0.2) is 11.1 Å². The Bertz CT molecular complexity index is 679. The average molecular weight is 307 g/mol. The van der Waals surface area contributed by atoms with Crippen molar-refractivity contribution in [2.24, 2.45) is 5.41 Å². The number of nitrogens with one attached hydrogen (secondary N) is 1. The number of nitrogens with zero attached hydrogens (tertiary/aromatic N) is 2. The predicted octanol–water partition coefficient (Wildman–Crippen LogP) is 3.10. The molecule has 0 bridgehead atoms. The second kappa shape index (κ2) is 6.28. The quantitative estimate of drug-likeness (QED) is 0.863. The van der Waals surface area contributed by atoms with E-state index in [-0.39, 0.29) is 5.56 Å². The van der Waals surface area contributed by atoms with Crippen molar-refractivity contribution in [3.63, 3.8) is 0 Å². The summed E-state index contributed by atoms with van der Waals surface area (Å²) in [7, 11) is 0. The minimum atomic E-state index is 0.0828. The molecule has 116 valence electrons. The third-order valence-electron chi connectivity index (χ3n) is 3.74. The van der Waals surface area contributed by atoms with Crippen LogP contribution < -0.4 is 10.9 Å². The molecule has 2 aromatic rings. The predicted molar refractivity (Wildman–Crippen MR) is 90.3 cm³/mol. The Balaban J connectivity index is 2.02. The molecule has 2 rings (SSSR count). The summed E-state index contributed by atoms with van der Waals surface area (Å²) in [6, 6.07) is 0. The molecule has 0 aromatic carbocycles. The van der Waals surface area contributed by atoms with E-state index in [1.54, 1.807) is 22.2 Å². The Labute approximate surface area is 130 Å². The minimum Gasteiger partial charge on any atom is -0.315 e. The molecule has 0 spiro atoms. The Morgan fingerprint density at radius 1 is 1.29 bits per heavy atom. The summed E-state index contributed by atoms with van der Waals surface area (Å²) >= 11 is 1.60. The topological polar surface area (TPSA) is 46.9 Å². The van der Waals surface area contributed by atoms with Crippen molar-refractivity contribution in [2.45, 2.75) is 47.6 Å². The van der Waals surface area contributed by atoms with Crippen LogP contribution in [0.5, 0.6) is 0 Å². The molecule has 0 unspecified atom stereocenters. The zero-order valence-electron chi connectivity index (χ0n) is 13.6. The van der Waals surface area contributed by atoms with E-state index in [4.69, 9.17) is 0 Å². The Morgan fingerprint density at radius 3 is 2.67 bits per heavy atom. The molecule has 21 heavy (non-hydrogen) atoms. The van der Waals surface area contributed by atoms with Crippen LogP contribution in [0.3, 0.4) is 0 Å². The number of thiophene rings is 1. The lowest BCUT2D eigenvalue weighted by Crippen LogP contribution is -2.29. The number of fused-ring (bicyclic) bond motifs is 1. The largest absolute Gasteiger partial charge is 0.315 e. The lowest BCUT2D eigenvalue weighted by molar-refractivity contribution is 0.365. The third kappa shape index (κ3) is 3.92. The number of rotatable bonds is 5. The van der Waals surface area contributed by atoms with Crippen molar-refractivity contribution in [1.82, 2.24) is 14.9 Å². The molecule has 0 atom stereocenters. The van der Waals surface area contributed by atoms with Gasteiger partial charge in [0.05, 0.1) is 11.7 Å². The lowest BCUT2D eigenvalue weighted by atomic mass is 9.92. The molecule has 0 aliphatic carbocycles. The summed E-state index contributed by atoms with van der Waals surface area (Å²) in [5.74, 6) is 0. The SMILES string of the molecule is Cc1sc2ncn(CCNCCC(C)(C)C)c(=O)c2c1C. The van der Waals surface area contributed by atoms with E-state index in [9.17, 15) is 4.79 Å². The highest BCUT2D eigenvalue weighted by Crippen LogP contribution is 2.25. The van der Waals surface area contributed by atoms with E-state index >= 15 is 0 Å². The van der Waals surface area contributed by atoms with Gasteiger partial charge in [-0.15, -0.1) is 11.3 Å². The van der Waals surface area contributed by atoms with Crippen molar-refractivity contribution in [2.75, 3.05) is 13.1 Å². The summed E-state index contributed by atoms with van der Waals surface area (Å²) in [5.41, 5.74) is 1.50. The van der Waals surface area contributed by atoms with Crippen LogP contribution in [-0.2, 0) is 6.54 Å². The standard InChI is InChI=1S/C16H25N3OS/c1-11-12(2)21-14-13(11)15(20)19(10-18-14)9-8-17-7-6-16(3,4)5/h10,17H,6-9H2,1-5H3. The van der Waals surface area contributed by atoms with E-state index in [0.717, 1.165) is 35.3 Å². The van der Waals surface area contributed by atoms with Crippen molar-refractivity contribution in [3.05, 3.63) is 27.1 Å². The molecule has 0 saturated heterocycles. The van der Waals surface area contributed by atoms with Crippen LogP contribution >= 0.6 is 11.3 Å². The second-order valence-electron chi connectivity index (χ2n) is 6.77. The van der Waals surface area contributed by atoms with Crippen molar-refractivity contribution in [1.29, 1.82) is 0 Å². The first-order chi connectivity index (χ1) is 9.79. The van der Waals surface area contributed by atoms with E-state index in [1.165, 1.54) is 4.88 Å². The van der Waals surface area contributed by atoms with Gasteiger partial charge >= 0.3 is 0 Å². The maximum Gasteiger partial charge on any atom is 0.262 e. The second-order valence-corrected chi connectivity index (χ2v) is 7.97. The number of hydrogen-bond acceptors (Lipinski definition) is 4. The molecule has 0 saturated carbocycles. The number of aryl methyl sites for hydroxylation is 2. The Kier molecular flexibility index (Phi) is 4.84. The normalized spacial score (nSPS) is 12.2. The van der Waals surface area contributed by atoms with Gasteiger partial charge in [0.25, 0.3) is 5.56 Å². The van der Waals surface area contributed by atoms with Crippen LogP contribution in [0.2, 0.25) is 0 Å². The summed E-state index contributed by atoms with van der Waals surface area (Å²) in [5, 5.41) is 4.19. The highest BCUT2D eigenvalue weighted by Gasteiger charge is 2.12. The molecule has 0 aliphatic rings. The molecule has 0 fully saturated rings. The van der Waals surface area contributed by atoms with Gasteiger partial charge in [-0.1, -0.05) is 20.8 Å². The molecule has 4 nitrogen and oxygen atoms in total. The summed E-state index contributed by atoms with van der Waals surface area (Å²) in [6.07, 6.45) is 2.80. The fourth-order valence-electron chi connectivity index (χ4n) is 2.22. The maximum atomic E-state index is 12.5. The summed E-state index contributed by atoms with van der Waals surface area (Å²) in [4.78, 5) is 18.9. The lowest BCUT2D eigenvalue weighted by Gasteiger charge is -2.18. The highest BCUT2D eigenvalue weighted by atomic mass is 32.1. The average Bonchev–Trinajstić information content (AvgIpc) is 2.67. The van der Waals surface area contributed by atoms with Gasteiger partial charge in [0.2, 0.25) is 0 Å². The van der Waals surface area contributed by atoms with Crippen molar-refractivity contribution < 1.29 is 0 Å². The fourth-order valence-corrected chi connectivity index (χ4v) is 3.20. The van der Waals surface area contributed by atoms with Crippen LogP contribution in [0.4, 0.5) is 0 Å². The van der Waals surface area contributed by atoms with Gasteiger partial charge in [-0.2, -0.15) is 0 Å². The molecule has 2 aromatic heterocycles. The number of aromatic nitrogens is 2. The van der Waals surface area contributed by atoms with Gasteiger partial charge in [-0.05, 0) is 37.8 Å². The first kappa shape index (κ1) is 16.2. The van der Waals surface area contributed by atoms with Crippen molar-refractivity contribution in [3.8, 4) is 0 Å². The minimum absolute atomic E-state index is 0.0828. The monoisotopic (exact) mass is 307 g/mol. The molecule has 0 radical (unpaired) electrons. The zero-order chi connectivity index (χ0) is 15.6. The molecule has 0 amide bonds. The van der Waals surface area contributed by atoms with Gasteiger partial charge in [0.15, 0.2) is 0 Å². The molecule has 0 aliphatic heterocycles. The maximum absolute atomic E-state index is 12.5. The molecular weight excluding hydrogens is 282 g/mol. The molecule has 5 heteroatoms. The molecule has 2 heterocycles. The zero-order valence-corrected chi connectivity index (χ0v) is 14.4. The van der Waals surface area contributed by atoms with Crippen LogP contribution in [0.25, 0.3) is 10.2 Å². The molecule has 1 N–H and O–H groups in total. The van der Waals surface area contributed by atoms with Crippen molar-refractivity contribution >= 4 is 21.6 Å². The van der Waals surface area contributed by atoms with E-state index < -0.39 is 0 Å². The van der Waals surface area contributed by atoms with E-state index in [1.807, 2.05) is 13.8 Å². The number of hydrogen-bond donors (Lipinski definition) is 1. The Hall–Kier alpha value is -1.20. The first-order valence-electron chi connectivity index (χ1n) is 7.45. The van der Waals surface area contributed by atoms with Gasteiger partial charge in [-0.3, -0.25) is 9.36 Å². The smallest absolute Gasteiger partial charge is 0.262 e. The van der Waals surface area contributed by atoms with Gasteiger partial charge in [-0.25, -0.2) is 4.98 Å². The first-order valence-corrected chi connectivity index (χ1v) is 8.27.